The van der Waals surface area contributed by atoms with Crippen molar-refractivity contribution in [1.82, 2.24) is 0 Å². The molecule has 0 saturated heterocycles. The Balaban J connectivity index is 1.52. The molecule has 1 atom stereocenters. The molecule has 1 N–H and O–H groups in total. The van der Waals surface area contributed by atoms with Gasteiger partial charge in [-0.25, -0.2) is 0 Å². The highest BCUT2D eigenvalue weighted by Crippen LogP contribution is 2.44. The first-order valence-electron chi connectivity index (χ1n) is 11.5. The molecule has 0 radical (unpaired) electrons. The number of aliphatic hydroxyl groups is 1. The highest BCUT2D eigenvalue weighted by atomic mass is 16.7. The van der Waals surface area contributed by atoms with E-state index in [9.17, 15) is 14.7 Å². The third kappa shape index (κ3) is 4.33. The molecule has 2 heterocycles. The molecular formula is C28H25NO6. The van der Waals surface area contributed by atoms with Crippen molar-refractivity contribution in [3.63, 3.8) is 0 Å². The molecule has 0 bridgehead atoms. The van der Waals surface area contributed by atoms with E-state index < -0.39 is 17.7 Å². The number of hydrogen-bond acceptors (Lipinski definition) is 6. The molecule has 1 unspecified atom stereocenters. The van der Waals surface area contributed by atoms with Gasteiger partial charge in [-0.3, -0.25) is 14.5 Å². The number of ether oxygens (including phenoxy) is 3. The van der Waals surface area contributed by atoms with Gasteiger partial charge >= 0.3 is 0 Å². The van der Waals surface area contributed by atoms with Gasteiger partial charge in [0.05, 0.1) is 18.2 Å². The number of hydrogen-bond donors (Lipinski definition) is 1. The van der Waals surface area contributed by atoms with E-state index in [0.29, 0.717) is 41.5 Å². The number of fused-ring (bicyclic) bond motifs is 1. The summed E-state index contributed by atoms with van der Waals surface area (Å²) in [6.07, 6.45) is 0.670. The van der Waals surface area contributed by atoms with Crippen LogP contribution in [0.3, 0.4) is 0 Å². The summed E-state index contributed by atoms with van der Waals surface area (Å²) in [4.78, 5) is 28.2. The number of aryl methyl sites for hydroxylation is 1. The van der Waals surface area contributed by atoms with E-state index in [2.05, 4.69) is 0 Å². The van der Waals surface area contributed by atoms with Crippen LogP contribution >= 0.6 is 0 Å². The first-order chi connectivity index (χ1) is 17.1. The second kappa shape index (κ2) is 9.54. The average molecular weight is 472 g/mol. The van der Waals surface area contributed by atoms with Gasteiger partial charge in [0.25, 0.3) is 5.91 Å². The lowest BCUT2D eigenvalue weighted by Gasteiger charge is -2.27. The zero-order valence-electron chi connectivity index (χ0n) is 19.3. The van der Waals surface area contributed by atoms with Crippen LogP contribution in [0.15, 0.2) is 84.1 Å². The Hall–Kier alpha value is -4.26. The number of Topliss-reactive ketones (excluding diaryl/α,β-unsaturated/α-hetero) is 1. The fourth-order valence-electron chi connectivity index (χ4n) is 4.46. The number of benzene rings is 3. The lowest BCUT2D eigenvalue weighted by Crippen LogP contribution is -2.31. The standard InChI is InChI=1S/C28H25NO6/c1-2-33-21-12-9-19(10-13-21)26-25(22(30)14-8-18-6-4-3-5-7-18)27(31)28(32)29(26)20-11-15-23-24(16-20)35-17-34-23/h3-7,9-13,15-16,26,31H,2,8,14,17H2,1H3. The number of aliphatic hydroxyl groups excluding tert-OH is 1. The maximum atomic E-state index is 13.4. The zero-order chi connectivity index (χ0) is 24.4. The highest BCUT2D eigenvalue weighted by Gasteiger charge is 2.44. The molecule has 5 rings (SSSR count). The van der Waals surface area contributed by atoms with Gasteiger partial charge in [-0.1, -0.05) is 42.5 Å². The minimum atomic E-state index is -0.790. The molecule has 2 aliphatic heterocycles. The summed E-state index contributed by atoms with van der Waals surface area (Å²) in [5.74, 6) is 0.325. The summed E-state index contributed by atoms with van der Waals surface area (Å²) in [5, 5.41) is 10.9. The predicted molar refractivity (Wildman–Crippen MR) is 130 cm³/mol. The zero-order valence-corrected chi connectivity index (χ0v) is 19.3. The van der Waals surface area contributed by atoms with Gasteiger partial charge < -0.3 is 19.3 Å². The van der Waals surface area contributed by atoms with Crippen molar-refractivity contribution in [2.75, 3.05) is 18.3 Å². The van der Waals surface area contributed by atoms with Crippen LogP contribution in [0.1, 0.15) is 30.5 Å². The molecule has 35 heavy (non-hydrogen) atoms. The topological polar surface area (TPSA) is 85.3 Å². The minimum Gasteiger partial charge on any atom is -0.503 e. The van der Waals surface area contributed by atoms with E-state index in [1.165, 1.54) is 4.90 Å². The molecule has 7 heteroatoms. The summed E-state index contributed by atoms with van der Waals surface area (Å²) >= 11 is 0. The van der Waals surface area contributed by atoms with Crippen LogP contribution in [0.2, 0.25) is 0 Å². The van der Waals surface area contributed by atoms with Gasteiger partial charge in [0, 0.05) is 18.2 Å². The number of ketones is 1. The molecule has 3 aromatic carbocycles. The first kappa shape index (κ1) is 22.5. The molecule has 2 aliphatic rings. The van der Waals surface area contributed by atoms with E-state index in [-0.39, 0.29) is 24.6 Å². The van der Waals surface area contributed by atoms with E-state index in [0.717, 1.165) is 5.56 Å². The van der Waals surface area contributed by atoms with E-state index in [1.54, 1.807) is 30.3 Å². The summed E-state index contributed by atoms with van der Waals surface area (Å²) in [7, 11) is 0. The molecule has 1 amide bonds. The van der Waals surface area contributed by atoms with Gasteiger partial charge in [-0.2, -0.15) is 0 Å². The van der Waals surface area contributed by atoms with Crippen LogP contribution in [-0.2, 0) is 16.0 Å². The lowest BCUT2D eigenvalue weighted by molar-refractivity contribution is -0.118. The molecular weight excluding hydrogens is 446 g/mol. The monoisotopic (exact) mass is 471 g/mol. The number of nitrogens with zero attached hydrogens (tertiary/aromatic N) is 1. The third-order valence-corrected chi connectivity index (χ3v) is 6.13. The Labute approximate surface area is 203 Å². The molecule has 0 spiro atoms. The molecule has 3 aromatic rings. The predicted octanol–water partition coefficient (Wildman–Crippen LogP) is 4.92. The van der Waals surface area contributed by atoms with Crippen LogP contribution in [0.25, 0.3) is 0 Å². The van der Waals surface area contributed by atoms with E-state index in [1.807, 2.05) is 49.4 Å². The quantitative estimate of drug-likeness (QED) is 0.502. The normalized spacial score (nSPS) is 16.7. The van der Waals surface area contributed by atoms with Crippen LogP contribution in [0.5, 0.6) is 17.2 Å². The average Bonchev–Trinajstić information content (AvgIpc) is 3.46. The maximum Gasteiger partial charge on any atom is 0.294 e. The van der Waals surface area contributed by atoms with Crippen molar-refractivity contribution < 1.29 is 28.9 Å². The second-order valence-corrected chi connectivity index (χ2v) is 8.29. The number of amides is 1. The molecule has 178 valence electrons. The largest absolute Gasteiger partial charge is 0.503 e. The van der Waals surface area contributed by atoms with Crippen LogP contribution in [0, 0.1) is 0 Å². The van der Waals surface area contributed by atoms with Gasteiger partial charge in [-0.15, -0.1) is 0 Å². The molecule has 0 aromatic heterocycles. The smallest absolute Gasteiger partial charge is 0.294 e. The Morgan fingerprint density at radius 3 is 2.51 bits per heavy atom. The number of carbonyl (C=O) groups excluding carboxylic acids is 2. The van der Waals surface area contributed by atoms with Crippen molar-refractivity contribution in [2.45, 2.75) is 25.8 Å². The summed E-state index contributed by atoms with van der Waals surface area (Å²) in [5.41, 5.74) is 2.28. The maximum absolute atomic E-state index is 13.4. The number of rotatable bonds is 8. The lowest BCUT2D eigenvalue weighted by atomic mass is 9.93. The summed E-state index contributed by atoms with van der Waals surface area (Å²) in [6.45, 7) is 2.52. The summed E-state index contributed by atoms with van der Waals surface area (Å²) in [6, 6.07) is 21.2. The van der Waals surface area contributed by atoms with Crippen molar-refractivity contribution in [2.24, 2.45) is 0 Å². The van der Waals surface area contributed by atoms with Gasteiger partial charge in [0.15, 0.2) is 23.0 Å². The van der Waals surface area contributed by atoms with Gasteiger partial charge in [-0.05, 0) is 48.7 Å². The number of anilines is 1. The third-order valence-electron chi connectivity index (χ3n) is 6.13. The van der Waals surface area contributed by atoms with Crippen molar-refractivity contribution in [3.05, 3.63) is 95.3 Å². The summed E-state index contributed by atoms with van der Waals surface area (Å²) < 4.78 is 16.4. The minimum absolute atomic E-state index is 0.0905. The van der Waals surface area contributed by atoms with Gasteiger partial charge in [0.2, 0.25) is 6.79 Å². The van der Waals surface area contributed by atoms with Crippen molar-refractivity contribution in [1.29, 1.82) is 0 Å². The molecule has 7 nitrogen and oxygen atoms in total. The van der Waals surface area contributed by atoms with Crippen LogP contribution in [0.4, 0.5) is 5.69 Å². The van der Waals surface area contributed by atoms with Crippen molar-refractivity contribution in [3.8, 4) is 17.2 Å². The van der Waals surface area contributed by atoms with E-state index in [4.69, 9.17) is 14.2 Å². The fraction of sp³-hybridized carbons (Fsp3) is 0.214. The number of carbonyl (C=O) groups is 2. The Morgan fingerprint density at radius 1 is 1.03 bits per heavy atom. The highest BCUT2D eigenvalue weighted by molar-refractivity contribution is 6.16. The second-order valence-electron chi connectivity index (χ2n) is 8.29. The molecule has 0 aliphatic carbocycles. The SMILES string of the molecule is CCOc1ccc(C2C(C(=O)CCc3ccccc3)=C(O)C(=O)N2c2ccc3c(c2)OCO3)cc1. The van der Waals surface area contributed by atoms with E-state index >= 15 is 0 Å². The van der Waals surface area contributed by atoms with Crippen LogP contribution in [-0.4, -0.2) is 30.2 Å². The van der Waals surface area contributed by atoms with Crippen molar-refractivity contribution >= 4 is 17.4 Å². The Bertz CT molecular complexity index is 1280. The van der Waals surface area contributed by atoms with Crippen LogP contribution < -0.4 is 19.1 Å². The molecule has 0 saturated carbocycles. The van der Waals surface area contributed by atoms with Gasteiger partial charge in [0.1, 0.15) is 5.75 Å². The Morgan fingerprint density at radius 2 is 1.77 bits per heavy atom. The Kier molecular flexibility index (Phi) is 6.14. The first-order valence-corrected chi connectivity index (χ1v) is 11.5. The fourth-order valence-corrected chi connectivity index (χ4v) is 4.46. The molecule has 0 fully saturated rings.